The number of H-pyrrole nitrogens is 1. The van der Waals surface area contributed by atoms with Crippen molar-refractivity contribution in [2.45, 2.75) is 26.2 Å². The molecule has 4 nitrogen and oxygen atoms in total. The summed E-state index contributed by atoms with van der Waals surface area (Å²) >= 11 is 0. The zero-order valence-corrected chi connectivity index (χ0v) is 13.8. The van der Waals surface area contributed by atoms with Crippen molar-refractivity contribution in [2.24, 2.45) is 5.92 Å². The van der Waals surface area contributed by atoms with Crippen molar-refractivity contribution in [2.75, 3.05) is 19.6 Å². The van der Waals surface area contributed by atoms with Crippen molar-refractivity contribution in [1.29, 1.82) is 0 Å². The second-order valence-electron chi connectivity index (χ2n) is 5.90. The van der Waals surface area contributed by atoms with Crippen LogP contribution in [0.15, 0.2) is 24.4 Å². The monoisotopic (exact) mass is 321 g/mol. The van der Waals surface area contributed by atoms with E-state index >= 15 is 0 Å². The van der Waals surface area contributed by atoms with Crippen LogP contribution < -0.4 is 10.6 Å². The highest BCUT2D eigenvalue weighted by atomic mass is 35.5. The van der Waals surface area contributed by atoms with Gasteiger partial charge in [0.15, 0.2) is 0 Å². The van der Waals surface area contributed by atoms with Crippen molar-refractivity contribution in [1.82, 2.24) is 15.6 Å². The average Bonchev–Trinajstić information content (AvgIpc) is 2.93. The molecule has 1 saturated heterocycles. The number of nitrogens with one attached hydrogen (secondary N) is 3. The van der Waals surface area contributed by atoms with Crippen LogP contribution in [0.1, 0.15) is 24.0 Å². The smallest absolute Gasteiger partial charge is 0.224 e. The normalized spacial score (nSPS) is 18.0. The number of carbonyl (C=O) groups is 1. The second kappa shape index (κ2) is 7.65. The van der Waals surface area contributed by atoms with Crippen molar-refractivity contribution in [3.63, 3.8) is 0 Å². The minimum absolute atomic E-state index is 0. The van der Waals surface area contributed by atoms with Gasteiger partial charge in [-0.15, -0.1) is 12.4 Å². The minimum Gasteiger partial charge on any atom is -0.361 e. The summed E-state index contributed by atoms with van der Waals surface area (Å²) in [5, 5.41) is 7.66. The van der Waals surface area contributed by atoms with Gasteiger partial charge in [0.05, 0.1) is 5.92 Å². The van der Waals surface area contributed by atoms with Crippen LogP contribution in [0.3, 0.4) is 0 Å². The zero-order valence-electron chi connectivity index (χ0n) is 12.9. The lowest BCUT2D eigenvalue weighted by atomic mass is 9.99. The van der Waals surface area contributed by atoms with Crippen LogP contribution in [-0.2, 0) is 11.2 Å². The summed E-state index contributed by atoms with van der Waals surface area (Å²) in [5.74, 6) is 0.335. The maximum atomic E-state index is 12.1. The highest BCUT2D eigenvalue weighted by Crippen LogP contribution is 2.22. The molecule has 1 aromatic carbocycles. The van der Waals surface area contributed by atoms with Gasteiger partial charge in [0.1, 0.15) is 0 Å². The number of fused-ring (bicyclic) bond motifs is 1. The Bertz CT molecular complexity index is 632. The number of halogens is 1. The van der Waals surface area contributed by atoms with Gasteiger partial charge >= 0.3 is 0 Å². The van der Waals surface area contributed by atoms with Gasteiger partial charge in [-0.3, -0.25) is 4.79 Å². The molecule has 1 aliphatic rings. The highest BCUT2D eigenvalue weighted by molar-refractivity contribution is 5.86. The Hall–Kier alpha value is -1.52. The fourth-order valence-electron chi connectivity index (χ4n) is 3.19. The average molecular weight is 322 g/mol. The van der Waals surface area contributed by atoms with E-state index in [-0.39, 0.29) is 24.2 Å². The molecule has 1 fully saturated rings. The first-order valence-corrected chi connectivity index (χ1v) is 7.79. The van der Waals surface area contributed by atoms with Gasteiger partial charge in [0.25, 0.3) is 0 Å². The molecule has 0 aliphatic carbocycles. The number of benzene rings is 1. The third-order valence-corrected chi connectivity index (χ3v) is 4.36. The molecule has 1 atom stereocenters. The van der Waals surface area contributed by atoms with Crippen LogP contribution in [-0.4, -0.2) is 30.5 Å². The Morgan fingerprint density at radius 2 is 2.27 bits per heavy atom. The van der Waals surface area contributed by atoms with Crippen LogP contribution in [0.4, 0.5) is 0 Å². The maximum absolute atomic E-state index is 12.1. The molecule has 1 aromatic heterocycles. The molecular formula is C17H24ClN3O. The van der Waals surface area contributed by atoms with Gasteiger partial charge in [-0.25, -0.2) is 0 Å². The summed E-state index contributed by atoms with van der Waals surface area (Å²) in [4.78, 5) is 15.4. The summed E-state index contributed by atoms with van der Waals surface area (Å²) in [7, 11) is 0. The van der Waals surface area contributed by atoms with E-state index in [1.807, 2.05) is 0 Å². The lowest BCUT2D eigenvalue weighted by Crippen LogP contribution is -2.41. The van der Waals surface area contributed by atoms with Crippen LogP contribution in [0, 0.1) is 12.8 Å². The quantitative estimate of drug-likeness (QED) is 0.810. The van der Waals surface area contributed by atoms with E-state index in [0.29, 0.717) is 6.54 Å². The molecule has 1 aliphatic heterocycles. The van der Waals surface area contributed by atoms with Crippen LogP contribution in [0.2, 0.25) is 0 Å². The zero-order chi connectivity index (χ0) is 14.7. The van der Waals surface area contributed by atoms with Crippen molar-refractivity contribution in [3.8, 4) is 0 Å². The number of piperidine rings is 1. The fraction of sp³-hybridized carbons (Fsp3) is 0.471. The van der Waals surface area contributed by atoms with E-state index < -0.39 is 0 Å². The predicted octanol–water partition coefficient (Wildman–Crippen LogP) is 2.56. The Balaban J connectivity index is 0.00000176. The molecule has 0 radical (unpaired) electrons. The molecule has 2 heterocycles. The number of hydrogen-bond donors (Lipinski definition) is 3. The van der Waals surface area contributed by atoms with Gasteiger partial charge in [-0.2, -0.15) is 0 Å². The Morgan fingerprint density at radius 1 is 1.41 bits per heavy atom. The number of hydrogen-bond acceptors (Lipinski definition) is 2. The number of rotatable bonds is 4. The molecule has 120 valence electrons. The molecule has 3 N–H and O–H groups in total. The summed E-state index contributed by atoms with van der Waals surface area (Å²) < 4.78 is 0. The first kappa shape index (κ1) is 16.8. The van der Waals surface area contributed by atoms with Gasteiger partial charge < -0.3 is 15.6 Å². The van der Waals surface area contributed by atoms with Crippen molar-refractivity contribution in [3.05, 3.63) is 35.5 Å². The van der Waals surface area contributed by atoms with Crippen LogP contribution >= 0.6 is 12.4 Å². The van der Waals surface area contributed by atoms with Crippen LogP contribution in [0.5, 0.6) is 0 Å². The number of amides is 1. The first-order chi connectivity index (χ1) is 10.3. The number of aromatic nitrogens is 1. The molecule has 0 bridgehead atoms. The molecule has 0 saturated carbocycles. The Kier molecular flexibility index (Phi) is 5.86. The largest absolute Gasteiger partial charge is 0.361 e. The highest BCUT2D eigenvalue weighted by Gasteiger charge is 2.20. The summed E-state index contributed by atoms with van der Waals surface area (Å²) in [6.45, 7) is 4.69. The van der Waals surface area contributed by atoms with E-state index in [0.717, 1.165) is 32.4 Å². The van der Waals surface area contributed by atoms with Gasteiger partial charge in [-0.1, -0.05) is 12.1 Å². The molecule has 3 rings (SSSR count). The lowest BCUT2D eigenvalue weighted by molar-refractivity contribution is -0.125. The second-order valence-corrected chi connectivity index (χ2v) is 5.90. The van der Waals surface area contributed by atoms with Gasteiger partial charge in [0, 0.05) is 30.2 Å². The number of aryl methyl sites for hydroxylation is 1. The van der Waals surface area contributed by atoms with Crippen molar-refractivity contribution >= 4 is 29.2 Å². The maximum Gasteiger partial charge on any atom is 0.224 e. The predicted molar refractivity (Wildman–Crippen MR) is 92.6 cm³/mol. The van der Waals surface area contributed by atoms with E-state index in [1.165, 1.54) is 22.0 Å². The molecular weight excluding hydrogens is 298 g/mol. The van der Waals surface area contributed by atoms with E-state index in [1.54, 1.807) is 0 Å². The first-order valence-electron chi connectivity index (χ1n) is 7.79. The fourth-order valence-corrected chi connectivity index (χ4v) is 3.19. The molecule has 1 amide bonds. The van der Waals surface area contributed by atoms with E-state index in [4.69, 9.17) is 0 Å². The van der Waals surface area contributed by atoms with Gasteiger partial charge in [0.2, 0.25) is 5.91 Å². The summed E-state index contributed by atoms with van der Waals surface area (Å²) in [6.07, 6.45) is 5.04. The summed E-state index contributed by atoms with van der Waals surface area (Å²) in [6, 6.07) is 6.29. The van der Waals surface area contributed by atoms with Crippen molar-refractivity contribution < 1.29 is 4.79 Å². The standard InChI is InChI=1S/C17H23N3O.ClH/c1-12-4-2-6-15-16(12)13(11-20-15)7-9-19-17(21)14-5-3-8-18-10-14;/h2,4,6,11,14,18,20H,3,5,7-10H2,1H3,(H,19,21);1H. The third kappa shape index (κ3) is 3.62. The molecule has 2 aromatic rings. The third-order valence-electron chi connectivity index (χ3n) is 4.36. The Labute approximate surface area is 137 Å². The molecule has 22 heavy (non-hydrogen) atoms. The SMILES string of the molecule is Cc1cccc2[nH]cc(CCNC(=O)C3CCCNC3)c12.Cl. The summed E-state index contributed by atoms with van der Waals surface area (Å²) in [5.41, 5.74) is 3.74. The number of aromatic amines is 1. The molecule has 5 heteroatoms. The minimum atomic E-state index is 0. The van der Waals surface area contributed by atoms with Crippen LogP contribution in [0.25, 0.3) is 10.9 Å². The topological polar surface area (TPSA) is 56.9 Å². The van der Waals surface area contributed by atoms with Gasteiger partial charge in [-0.05, 0) is 49.9 Å². The Morgan fingerprint density at radius 3 is 3.05 bits per heavy atom. The van der Waals surface area contributed by atoms with E-state index in [2.05, 4.69) is 46.9 Å². The lowest BCUT2D eigenvalue weighted by Gasteiger charge is -2.21. The molecule has 1 unspecified atom stereocenters. The number of carbonyl (C=O) groups excluding carboxylic acids is 1. The van der Waals surface area contributed by atoms with E-state index in [9.17, 15) is 4.79 Å². The molecule has 0 spiro atoms.